The van der Waals surface area contributed by atoms with Crippen molar-refractivity contribution in [3.05, 3.63) is 33.3 Å². The van der Waals surface area contributed by atoms with Gasteiger partial charge in [0.2, 0.25) is 0 Å². The van der Waals surface area contributed by atoms with Gasteiger partial charge in [0.15, 0.2) is 6.29 Å². The summed E-state index contributed by atoms with van der Waals surface area (Å²) >= 11 is 15.0. The van der Waals surface area contributed by atoms with Gasteiger partial charge in [-0.3, -0.25) is 0 Å². The molecule has 1 aromatic rings. The molecule has 0 amide bonds. The molecule has 1 aromatic carbocycles. The molecule has 82 valence electrons. The first-order chi connectivity index (χ1) is 7.20. The predicted octanol–water partition coefficient (Wildman–Crippen LogP) is 3.76. The number of hydrogen-bond donors (Lipinski definition) is 0. The van der Waals surface area contributed by atoms with Crippen LogP contribution < -0.4 is 0 Å². The van der Waals surface area contributed by atoms with Gasteiger partial charge in [-0.2, -0.15) is 0 Å². The van der Waals surface area contributed by atoms with Crippen LogP contribution in [0.4, 0.5) is 0 Å². The molecule has 5 heteroatoms. The van der Waals surface area contributed by atoms with Crippen LogP contribution >= 0.6 is 39.1 Å². The van der Waals surface area contributed by atoms with Crippen molar-refractivity contribution in [1.29, 1.82) is 0 Å². The Morgan fingerprint density at radius 1 is 1.47 bits per heavy atom. The molecular weight excluding hydrogens is 303 g/mol. The van der Waals surface area contributed by atoms with E-state index in [9.17, 15) is 0 Å². The third-order valence-electron chi connectivity index (χ3n) is 2.13. The van der Waals surface area contributed by atoms with Crippen LogP contribution in [-0.4, -0.2) is 18.6 Å². The number of alkyl halides is 1. The number of benzene rings is 1. The van der Waals surface area contributed by atoms with Crippen molar-refractivity contribution >= 4 is 39.1 Å². The van der Waals surface area contributed by atoms with E-state index < -0.39 is 0 Å². The molecule has 0 bridgehead atoms. The summed E-state index contributed by atoms with van der Waals surface area (Å²) in [5.41, 5.74) is 0.898. The zero-order valence-corrected chi connectivity index (χ0v) is 10.8. The van der Waals surface area contributed by atoms with E-state index in [1.165, 1.54) is 0 Å². The van der Waals surface area contributed by atoms with Crippen LogP contribution in [0, 0.1) is 0 Å². The Bertz CT molecular complexity index is 359. The van der Waals surface area contributed by atoms with E-state index in [-0.39, 0.29) is 12.4 Å². The molecule has 1 heterocycles. The highest BCUT2D eigenvalue weighted by Gasteiger charge is 2.28. The molecule has 1 aliphatic rings. The summed E-state index contributed by atoms with van der Waals surface area (Å²) in [5, 5.41) is 0.662. The van der Waals surface area contributed by atoms with Crippen molar-refractivity contribution in [3.8, 4) is 0 Å². The molecule has 15 heavy (non-hydrogen) atoms. The van der Waals surface area contributed by atoms with Gasteiger partial charge in [0.25, 0.3) is 0 Å². The Morgan fingerprint density at radius 2 is 2.27 bits per heavy atom. The molecule has 0 radical (unpaired) electrons. The lowest BCUT2D eigenvalue weighted by Crippen LogP contribution is -2.10. The van der Waals surface area contributed by atoms with Crippen LogP contribution in [0.1, 0.15) is 11.9 Å². The second kappa shape index (κ2) is 5.02. The van der Waals surface area contributed by atoms with Crippen molar-refractivity contribution in [2.45, 2.75) is 12.4 Å². The second-order valence-electron chi connectivity index (χ2n) is 3.24. The quantitative estimate of drug-likeness (QED) is 0.774. The van der Waals surface area contributed by atoms with Gasteiger partial charge in [0.05, 0.1) is 18.6 Å². The highest BCUT2D eigenvalue weighted by atomic mass is 79.9. The molecule has 0 saturated carbocycles. The fourth-order valence-electron chi connectivity index (χ4n) is 1.39. The Balaban J connectivity index is 2.19. The summed E-state index contributed by atoms with van der Waals surface area (Å²) in [5.74, 6) is 0.439. The van der Waals surface area contributed by atoms with Crippen molar-refractivity contribution < 1.29 is 9.47 Å². The summed E-state index contributed by atoms with van der Waals surface area (Å²) in [6.07, 6.45) is -0.413. The van der Waals surface area contributed by atoms with E-state index in [4.69, 9.17) is 32.7 Å². The van der Waals surface area contributed by atoms with E-state index in [1.54, 1.807) is 0 Å². The topological polar surface area (TPSA) is 18.5 Å². The minimum Gasteiger partial charge on any atom is -0.346 e. The molecular formula is C10H9BrCl2O2. The van der Waals surface area contributed by atoms with Gasteiger partial charge in [-0.25, -0.2) is 0 Å². The second-order valence-corrected chi connectivity index (χ2v) is 4.84. The average molecular weight is 312 g/mol. The summed E-state index contributed by atoms with van der Waals surface area (Å²) in [6.45, 7) is 0.521. The Hall–Kier alpha value is 0.200. The molecule has 0 aliphatic carbocycles. The molecule has 1 fully saturated rings. The maximum atomic E-state index is 5.91. The first kappa shape index (κ1) is 11.7. The number of rotatable bonds is 2. The van der Waals surface area contributed by atoms with E-state index in [0.717, 1.165) is 10.0 Å². The van der Waals surface area contributed by atoms with Gasteiger partial charge < -0.3 is 9.47 Å². The van der Waals surface area contributed by atoms with Crippen molar-refractivity contribution in [2.75, 3.05) is 12.5 Å². The predicted molar refractivity (Wildman–Crippen MR) is 63.4 cm³/mol. The molecule has 2 atom stereocenters. The minimum atomic E-state index is -0.373. The first-order valence-electron chi connectivity index (χ1n) is 4.48. The third-order valence-corrected chi connectivity index (χ3v) is 3.44. The minimum absolute atomic E-state index is 0.0393. The van der Waals surface area contributed by atoms with Gasteiger partial charge in [-0.1, -0.05) is 27.5 Å². The van der Waals surface area contributed by atoms with E-state index in [0.29, 0.717) is 17.5 Å². The van der Waals surface area contributed by atoms with Gasteiger partial charge in [-0.15, -0.1) is 11.6 Å². The molecule has 1 aliphatic heterocycles. The maximum Gasteiger partial charge on any atom is 0.185 e. The largest absolute Gasteiger partial charge is 0.346 e. The average Bonchev–Trinajstić information content (AvgIpc) is 2.70. The summed E-state index contributed by atoms with van der Waals surface area (Å²) < 4.78 is 12.0. The Kier molecular flexibility index (Phi) is 3.91. The van der Waals surface area contributed by atoms with Crippen LogP contribution in [0.2, 0.25) is 5.02 Å². The van der Waals surface area contributed by atoms with Gasteiger partial charge in [-0.05, 0) is 18.2 Å². The summed E-state index contributed by atoms with van der Waals surface area (Å²) in [4.78, 5) is 0. The third kappa shape index (κ3) is 2.66. The maximum absolute atomic E-state index is 5.91. The van der Waals surface area contributed by atoms with Crippen molar-refractivity contribution in [2.24, 2.45) is 0 Å². The van der Waals surface area contributed by atoms with Crippen LogP contribution in [0.15, 0.2) is 22.7 Å². The number of ether oxygens (including phenoxy) is 2. The zero-order valence-electron chi connectivity index (χ0n) is 7.75. The highest BCUT2D eigenvalue weighted by molar-refractivity contribution is 9.10. The summed E-state index contributed by atoms with van der Waals surface area (Å²) in [6, 6.07) is 5.51. The van der Waals surface area contributed by atoms with Crippen LogP contribution in [-0.2, 0) is 9.47 Å². The molecule has 0 spiro atoms. The summed E-state index contributed by atoms with van der Waals surface area (Å²) in [7, 11) is 0. The van der Waals surface area contributed by atoms with E-state index in [2.05, 4.69) is 15.9 Å². The van der Waals surface area contributed by atoms with E-state index >= 15 is 0 Å². The first-order valence-corrected chi connectivity index (χ1v) is 6.19. The lowest BCUT2D eigenvalue weighted by molar-refractivity contribution is -0.0572. The van der Waals surface area contributed by atoms with Crippen LogP contribution in [0.25, 0.3) is 0 Å². The molecule has 2 unspecified atom stereocenters. The van der Waals surface area contributed by atoms with Crippen molar-refractivity contribution in [3.63, 3.8) is 0 Å². The lowest BCUT2D eigenvalue weighted by atomic mass is 10.2. The molecule has 0 aromatic heterocycles. The fraction of sp³-hybridized carbons (Fsp3) is 0.400. The lowest BCUT2D eigenvalue weighted by Gasteiger charge is -2.12. The standard InChI is InChI=1S/C10H9BrCl2O2/c11-9-2-1-6(13)3-8(9)10-14-5-7(4-12)15-10/h1-3,7,10H,4-5H2. The fourth-order valence-corrected chi connectivity index (χ4v) is 2.16. The monoisotopic (exact) mass is 310 g/mol. The molecule has 1 saturated heterocycles. The van der Waals surface area contributed by atoms with Gasteiger partial charge in [0, 0.05) is 15.1 Å². The van der Waals surface area contributed by atoms with E-state index in [1.807, 2.05) is 18.2 Å². The number of hydrogen-bond acceptors (Lipinski definition) is 2. The highest BCUT2D eigenvalue weighted by Crippen LogP contribution is 2.33. The molecule has 2 nitrogen and oxygen atoms in total. The SMILES string of the molecule is ClCC1COC(c2cc(Cl)ccc2Br)O1. The molecule has 2 rings (SSSR count). The Morgan fingerprint density at radius 3 is 2.93 bits per heavy atom. The molecule has 0 N–H and O–H groups in total. The normalized spacial score (nSPS) is 25.8. The number of halogens is 3. The zero-order chi connectivity index (χ0) is 10.8. The van der Waals surface area contributed by atoms with Gasteiger partial charge >= 0.3 is 0 Å². The Labute approximate surface area is 107 Å². The van der Waals surface area contributed by atoms with Crippen LogP contribution in [0.5, 0.6) is 0 Å². The van der Waals surface area contributed by atoms with Gasteiger partial charge in [0.1, 0.15) is 0 Å². The smallest absolute Gasteiger partial charge is 0.185 e. The van der Waals surface area contributed by atoms with Crippen molar-refractivity contribution in [1.82, 2.24) is 0 Å². The van der Waals surface area contributed by atoms with Crippen LogP contribution in [0.3, 0.4) is 0 Å².